The Morgan fingerprint density at radius 1 is 0.900 bits per heavy atom. The van der Waals surface area contributed by atoms with Crippen molar-refractivity contribution in [3.05, 3.63) is 53.6 Å². The minimum Gasteiger partial charge on any atom is -0.507 e. The molecule has 2 aromatic carbocycles. The van der Waals surface area contributed by atoms with Gasteiger partial charge in [0.25, 0.3) is 0 Å². The summed E-state index contributed by atoms with van der Waals surface area (Å²) in [6.45, 7) is 10.8. The van der Waals surface area contributed by atoms with E-state index in [9.17, 15) is 5.11 Å². The van der Waals surface area contributed by atoms with Crippen LogP contribution < -0.4 is 0 Å². The molecular weight excluding hydrogens is 244 g/mol. The molecule has 0 amide bonds. The Labute approximate surface area is 122 Å². The van der Waals surface area contributed by atoms with Crippen LogP contribution in [0.1, 0.15) is 51.7 Å². The van der Waals surface area contributed by atoms with Crippen LogP contribution in [0.4, 0.5) is 0 Å². The Kier molecular flexibility index (Phi) is 3.89. The smallest absolute Gasteiger partial charge is 0.123 e. The van der Waals surface area contributed by atoms with Crippen molar-refractivity contribution in [2.75, 3.05) is 0 Å². The van der Waals surface area contributed by atoms with Crippen LogP contribution in [0.3, 0.4) is 0 Å². The minimum atomic E-state index is 0.0531. The van der Waals surface area contributed by atoms with Crippen LogP contribution in [0.15, 0.2) is 42.5 Å². The van der Waals surface area contributed by atoms with Crippen LogP contribution in [0, 0.1) is 0 Å². The molecule has 2 aromatic rings. The van der Waals surface area contributed by atoms with E-state index < -0.39 is 0 Å². The van der Waals surface area contributed by atoms with Crippen molar-refractivity contribution in [3.8, 4) is 16.9 Å². The number of phenolic OH excluding ortho intramolecular Hbond substituents is 1. The first-order valence-corrected chi connectivity index (χ1v) is 7.23. The third-order valence-electron chi connectivity index (χ3n) is 3.75. The Bertz CT molecular complexity index is 586. The molecule has 0 spiro atoms. The van der Waals surface area contributed by atoms with Crippen molar-refractivity contribution in [2.45, 2.75) is 46.0 Å². The van der Waals surface area contributed by atoms with Gasteiger partial charge in [-0.05, 0) is 34.1 Å². The first kappa shape index (κ1) is 14.6. The second-order valence-electron chi connectivity index (χ2n) is 6.76. The fourth-order valence-corrected chi connectivity index (χ4v) is 2.29. The minimum absolute atomic E-state index is 0.0531. The van der Waals surface area contributed by atoms with Gasteiger partial charge in [0.2, 0.25) is 0 Å². The molecule has 1 N–H and O–H groups in total. The molecule has 0 aliphatic heterocycles. The largest absolute Gasteiger partial charge is 0.507 e. The van der Waals surface area contributed by atoms with E-state index >= 15 is 0 Å². The van der Waals surface area contributed by atoms with Crippen molar-refractivity contribution in [3.63, 3.8) is 0 Å². The highest BCUT2D eigenvalue weighted by Gasteiger charge is 2.15. The summed E-state index contributed by atoms with van der Waals surface area (Å²) in [5, 5.41) is 10.3. The highest BCUT2D eigenvalue weighted by Crippen LogP contribution is 2.34. The molecule has 0 bridgehead atoms. The molecule has 20 heavy (non-hydrogen) atoms. The third kappa shape index (κ3) is 3.04. The first-order chi connectivity index (χ1) is 9.29. The van der Waals surface area contributed by atoms with E-state index in [4.69, 9.17) is 0 Å². The molecule has 0 heterocycles. The van der Waals surface area contributed by atoms with E-state index in [0.717, 1.165) is 16.7 Å². The van der Waals surface area contributed by atoms with Gasteiger partial charge in [-0.2, -0.15) is 0 Å². The molecule has 0 fully saturated rings. The molecule has 1 heteroatoms. The Morgan fingerprint density at radius 2 is 1.50 bits per heavy atom. The molecule has 0 aliphatic rings. The summed E-state index contributed by atoms with van der Waals surface area (Å²) in [4.78, 5) is 0. The van der Waals surface area contributed by atoms with Crippen molar-refractivity contribution >= 4 is 0 Å². The molecule has 2 rings (SSSR count). The normalized spacial score (nSPS) is 11.9. The molecule has 0 unspecified atom stereocenters. The van der Waals surface area contributed by atoms with Gasteiger partial charge < -0.3 is 5.11 Å². The van der Waals surface area contributed by atoms with E-state index in [1.165, 1.54) is 5.56 Å². The number of benzene rings is 2. The lowest BCUT2D eigenvalue weighted by atomic mass is 9.85. The predicted molar refractivity (Wildman–Crippen MR) is 86.3 cm³/mol. The van der Waals surface area contributed by atoms with Gasteiger partial charge in [-0.3, -0.25) is 0 Å². The average molecular weight is 268 g/mol. The maximum absolute atomic E-state index is 10.3. The SMILES string of the molecule is CC(C)c1ccc(-c2ccc(C(C)(C)C)cc2O)cc1. The summed E-state index contributed by atoms with van der Waals surface area (Å²) in [7, 11) is 0. The summed E-state index contributed by atoms with van der Waals surface area (Å²) < 4.78 is 0. The van der Waals surface area contributed by atoms with Crippen LogP contribution in [0.2, 0.25) is 0 Å². The number of aromatic hydroxyl groups is 1. The quantitative estimate of drug-likeness (QED) is 0.764. The van der Waals surface area contributed by atoms with Gasteiger partial charge in [0, 0.05) is 5.56 Å². The van der Waals surface area contributed by atoms with Crippen molar-refractivity contribution in [1.29, 1.82) is 0 Å². The highest BCUT2D eigenvalue weighted by molar-refractivity contribution is 5.71. The van der Waals surface area contributed by atoms with Gasteiger partial charge >= 0.3 is 0 Å². The van der Waals surface area contributed by atoms with E-state index in [2.05, 4.69) is 65.0 Å². The van der Waals surface area contributed by atoms with Crippen LogP contribution in [-0.2, 0) is 5.41 Å². The maximum atomic E-state index is 10.3. The van der Waals surface area contributed by atoms with Gasteiger partial charge in [-0.15, -0.1) is 0 Å². The Balaban J connectivity index is 2.38. The summed E-state index contributed by atoms with van der Waals surface area (Å²) in [6, 6.07) is 14.4. The third-order valence-corrected chi connectivity index (χ3v) is 3.75. The molecule has 0 aliphatic carbocycles. The maximum Gasteiger partial charge on any atom is 0.123 e. The van der Waals surface area contributed by atoms with Crippen LogP contribution in [0.25, 0.3) is 11.1 Å². The molecule has 0 saturated carbocycles. The zero-order valence-corrected chi connectivity index (χ0v) is 13.1. The number of hydrogen-bond donors (Lipinski definition) is 1. The second kappa shape index (κ2) is 5.32. The average Bonchev–Trinajstić information content (AvgIpc) is 2.37. The van der Waals surface area contributed by atoms with Gasteiger partial charge in [-0.1, -0.05) is 71.0 Å². The van der Waals surface area contributed by atoms with Crippen molar-refractivity contribution < 1.29 is 5.11 Å². The molecule has 1 nitrogen and oxygen atoms in total. The topological polar surface area (TPSA) is 20.2 Å². The summed E-state index contributed by atoms with van der Waals surface area (Å²) in [6.07, 6.45) is 0. The molecular formula is C19H24O. The van der Waals surface area contributed by atoms with E-state index in [-0.39, 0.29) is 5.41 Å². The summed E-state index contributed by atoms with van der Waals surface area (Å²) in [5.41, 5.74) is 4.48. The second-order valence-corrected chi connectivity index (χ2v) is 6.76. The van der Waals surface area contributed by atoms with E-state index in [1.807, 2.05) is 12.1 Å². The molecule has 0 aromatic heterocycles. The molecule has 106 valence electrons. The highest BCUT2D eigenvalue weighted by atomic mass is 16.3. The molecule has 0 atom stereocenters. The van der Waals surface area contributed by atoms with Crippen molar-refractivity contribution in [1.82, 2.24) is 0 Å². The Morgan fingerprint density at radius 3 is 1.95 bits per heavy atom. The lowest BCUT2D eigenvalue weighted by Crippen LogP contribution is -2.10. The summed E-state index contributed by atoms with van der Waals surface area (Å²) >= 11 is 0. The zero-order chi connectivity index (χ0) is 14.9. The first-order valence-electron chi connectivity index (χ1n) is 7.23. The van der Waals surface area contributed by atoms with Crippen LogP contribution in [-0.4, -0.2) is 5.11 Å². The number of phenols is 1. The molecule has 0 radical (unpaired) electrons. The lowest BCUT2D eigenvalue weighted by Gasteiger charge is -2.20. The fourth-order valence-electron chi connectivity index (χ4n) is 2.29. The summed E-state index contributed by atoms with van der Waals surface area (Å²) in [5.74, 6) is 0.885. The van der Waals surface area contributed by atoms with Gasteiger partial charge in [-0.25, -0.2) is 0 Å². The predicted octanol–water partition coefficient (Wildman–Crippen LogP) is 5.48. The van der Waals surface area contributed by atoms with E-state index in [0.29, 0.717) is 11.7 Å². The standard InChI is InChI=1S/C19H24O/c1-13(2)14-6-8-15(9-7-14)17-11-10-16(12-18(17)20)19(3,4)5/h6-13,20H,1-5H3. The van der Waals surface area contributed by atoms with E-state index in [1.54, 1.807) is 0 Å². The fraction of sp³-hybridized carbons (Fsp3) is 0.368. The van der Waals surface area contributed by atoms with Gasteiger partial charge in [0.05, 0.1) is 0 Å². The van der Waals surface area contributed by atoms with Gasteiger partial charge in [0.15, 0.2) is 0 Å². The Hall–Kier alpha value is -1.76. The molecule has 0 saturated heterocycles. The van der Waals surface area contributed by atoms with Gasteiger partial charge in [0.1, 0.15) is 5.75 Å². The number of rotatable bonds is 2. The monoisotopic (exact) mass is 268 g/mol. The van der Waals surface area contributed by atoms with Crippen LogP contribution in [0.5, 0.6) is 5.75 Å². The van der Waals surface area contributed by atoms with Crippen LogP contribution >= 0.6 is 0 Å². The number of hydrogen-bond acceptors (Lipinski definition) is 1. The van der Waals surface area contributed by atoms with Crippen molar-refractivity contribution in [2.24, 2.45) is 0 Å². The zero-order valence-electron chi connectivity index (χ0n) is 13.1. The lowest BCUT2D eigenvalue weighted by molar-refractivity contribution is 0.473.